The van der Waals surface area contributed by atoms with Gasteiger partial charge in [-0.1, -0.05) is 5.01 Å². The normalized spacial score (nSPS) is 9.18. The van der Waals surface area contributed by atoms with E-state index in [0.717, 1.165) is 6.33 Å². The number of anilines is 1. The van der Waals surface area contributed by atoms with Crippen molar-refractivity contribution in [3.63, 3.8) is 0 Å². The van der Waals surface area contributed by atoms with Gasteiger partial charge in [-0.2, -0.15) is 0 Å². The molecule has 1 aromatic heterocycles. The first-order valence-electron chi connectivity index (χ1n) is 2.60. The van der Waals surface area contributed by atoms with Crippen LogP contribution in [-0.4, -0.2) is 32.5 Å². The molecule has 0 aliphatic heterocycles. The van der Waals surface area contributed by atoms with Crippen LogP contribution in [0.4, 0.5) is 5.95 Å². The van der Waals surface area contributed by atoms with Gasteiger partial charge in [0, 0.05) is 0 Å². The highest BCUT2D eigenvalue weighted by Gasteiger charge is 2.13. The van der Waals surface area contributed by atoms with E-state index in [1.807, 2.05) is 0 Å². The van der Waals surface area contributed by atoms with E-state index in [2.05, 4.69) is 20.4 Å². The summed E-state index contributed by atoms with van der Waals surface area (Å²) in [6.07, 6.45) is 1.09. The topological polar surface area (TPSA) is 97.9 Å². The minimum Gasteiger partial charge on any atom is -0.234 e. The van der Waals surface area contributed by atoms with Crippen molar-refractivity contribution < 1.29 is 5.03 Å². The summed E-state index contributed by atoms with van der Waals surface area (Å²) in [4.78, 5) is 10.1. The van der Waals surface area contributed by atoms with Crippen LogP contribution in [0.5, 0.6) is 0 Å². The summed E-state index contributed by atoms with van der Waals surface area (Å²) < 4.78 is 0. The fraction of sp³-hybridized carbons (Fsp3) is 0.333. The highest BCUT2D eigenvalue weighted by atomic mass is 16.7. The standard InChI is InChI=1S/C3H4N6O2/c1-8(9(10)11)3-6-4-2-5-7-3/h2H,1H3. The van der Waals surface area contributed by atoms with Crippen LogP contribution in [0.1, 0.15) is 0 Å². The van der Waals surface area contributed by atoms with Gasteiger partial charge in [-0.25, -0.2) is 10.1 Å². The van der Waals surface area contributed by atoms with Crippen LogP contribution in [0.25, 0.3) is 0 Å². The summed E-state index contributed by atoms with van der Waals surface area (Å²) in [5, 5.41) is 23.4. The van der Waals surface area contributed by atoms with Crippen molar-refractivity contribution >= 4 is 5.95 Å². The molecule has 0 saturated heterocycles. The maximum absolute atomic E-state index is 10.1. The molecule has 0 bridgehead atoms. The zero-order valence-electron chi connectivity index (χ0n) is 5.58. The summed E-state index contributed by atoms with van der Waals surface area (Å²) in [7, 11) is 1.21. The molecule has 0 saturated carbocycles. The predicted molar refractivity (Wildman–Crippen MR) is 33.0 cm³/mol. The van der Waals surface area contributed by atoms with Crippen molar-refractivity contribution in [3.8, 4) is 0 Å². The molecule has 0 aromatic carbocycles. The third kappa shape index (κ3) is 1.53. The van der Waals surface area contributed by atoms with Crippen LogP contribution >= 0.6 is 0 Å². The highest BCUT2D eigenvalue weighted by Crippen LogP contribution is 1.96. The van der Waals surface area contributed by atoms with E-state index in [1.165, 1.54) is 7.05 Å². The van der Waals surface area contributed by atoms with Crippen LogP contribution in [0.15, 0.2) is 6.33 Å². The van der Waals surface area contributed by atoms with Crippen LogP contribution < -0.4 is 5.01 Å². The van der Waals surface area contributed by atoms with E-state index in [4.69, 9.17) is 0 Å². The monoisotopic (exact) mass is 156 g/mol. The van der Waals surface area contributed by atoms with Crippen molar-refractivity contribution in [1.82, 2.24) is 20.4 Å². The van der Waals surface area contributed by atoms with E-state index >= 15 is 0 Å². The molecule has 0 radical (unpaired) electrons. The Morgan fingerprint density at radius 2 is 2.09 bits per heavy atom. The fourth-order valence-electron chi connectivity index (χ4n) is 0.400. The second kappa shape index (κ2) is 2.82. The molecular weight excluding hydrogens is 152 g/mol. The van der Waals surface area contributed by atoms with Gasteiger partial charge in [0.25, 0.3) is 0 Å². The van der Waals surface area contributed by atoms with Gasteiger partial charge < -0.3 is 0 Å². The number of hydrazine groups is 1. The maximum atomic E-state index is 10.1. The smallest absolute Gasteiger partial charge is 0.234 e. The zero-order chi connectivity index (χ0) is 8.27. The molecule has 0 aliphatic rings. The third-order valence-electron chi connectivity index (χ3n) is 0.932. The first-order chi connectivity index (χ1) is 5.22. The molecule has 1 rings (SSSR count). The van der Waals surface area contributed by atoms with E-state index in [-0.39, 0.29) is 5.95 Å². The quantitative estimate of drug-likeness (QED) is 0.395. The van der Waals surface area contributed by atoms with Gasteiger partial charge in [0.2, 0.25) is 0 Å². The Kier molecular flexibility index (Phi) is 1.86. The minimum atomic E-state index is -0.668. The molecule has 0 N–H and O–H groups in total. The molecule has 0 aliphatic carbocycles. The molecule has 11 heavy (non-hydrogen) atoms. The maximum Gasteiger partial charge on any atom is 0.325 e. The van der Waals surface area contributed by atoms with Crippen LogP contribution in [-0.2, 0) is 0 Å². The fourth-order valence-corrected chi connectivity index (χ4v) is 0.400. The molecule has 0 atom stereocenters. The van der Waals surface area contributed by atoms with Crippen molar-refractivity contribution in [2.75, 3.05) is 12.1 Å². The lowest BCUT2D eigenvalue weighted by atomic mass is 10.9. The number of nitro groups is 1. The molecule has 8 nitrogen and oxygen atoms in total. The molecule has 58 valence electrons. The lowest BCUT2D eigenvalue weighted by molar-refractivity contribution is -0.491. The third-order valence-corrected chi connectivity index (χ3v) is 0.932. The summed E-state index contributed by atoms with van der Waals surface area (Å²) in [6, 6.07) is 0. The van der Waals surface area contributed by atoms with E-state index in [1.54, 1.807) is 0 Å². The minimum absolute atomic E-state index is 0.141. The number of aromatic nitrogens is 4. The first kappa shape index (κ1) is 7.25. The lowest BCUT2D eigenvalue weighted by Crippen LogP contribution is -2.26. The van der Waals surface area contributed by atoms with Crippen LogP contribution in [0, 0.1) is 10.1 Å². The van der Waals surface area contributed by atoms with Crippen molar-refractivity contribution in [3.05, 3.63) is 16.4 Å². The average molecular weight is 156 g/mol. The Balaban J connectivity index is 2.85. The van der Waals surface area contributed by atoms with Crippen LogP contribution in [0.2, 0.25) is 0 Å². The molecule has 0 fully saturated rings. The molecule has 0 unspecified atom stereocenters. The van der Waals surface area contributed by atoms with Crippen molar-refractivity contribution in [2.24, 2.45) is 0 Å². The second-order valence-electron chi connectivity index (χ2n) is 1.61. The Morgan fingerprint density at radius 1 is 1.55 bits per heavy atom. The summed E-state index contributed by atoms with van der Waals surface area (Å²) in [5.41, 5.74) is 0. The number of hydrogen-bond acceptors (Lipinski definition) is 6. The van der Waals surface area contributed by atoms with Gasteiger partial charge in [0.1, 0.15) is 0 Å². The SMILES string of the molecule is CN(c1nncnn1)[N+](=O)[O-]. The van der Waals surface area contributed by atoms with Crippen LogP contribution in [0.3, 0.4) is 0 Å². The molecule has 0 amide bonds. The summed E-state index contributed by atoms with van der Waals surface area (Å²) >= 11 is 0. The molecule has 1 aromatic rings. The van der Waals surface area contributed by atoms with Gasteiger partial charge in [-0.3, -0.25) is 0 Å². The van der Waals surface area contributed by atoms with Crippen molar-refractivity contribution in [2.45, 2.75) is 0 Å². The first-order valence-corrected chi connectivity index (χ1v) is 2.60. The van der Waals surface area contributed by atoms with Gasteiger partial charge >= 0.3 is 5.95 Å². The average Bonchev–Trinajstić information content (AvgIpc) is 2.05. The van der Waals surface area contributed by atoms with Gasteiger partial charge in [-0.15, -0.1) is 20.4 Å². The Hall–Kier alpha value is -1.86. The molecule has 0 spiro atoms. The Labute approximate surface area is 61.0 Å². The number of nitrogens with zero attached hydrogens (tertiary/aromatic N) is 6. The summed E-state index contributed by atoms with van der Waals surface area (Å²) in [6.45, 7) is 0. The van der Waals surface area contributed by atoms with E-state index < -0.39 is 5.03 Å². The Morgan fingerprint density at radius 3 is 2.55 bits per heavy atom. The van der Waals surface area contributed by atoms with Crippen molar-refractivity contribution in [1.29, 1.82) is 0 Å². The second-order valence-corrected chi connectivity index (χ2v) is 1.61. The molecule has 1 heterocycles. The van der Waals surface area contributed by atoms with E-state index in [0.29, 0.717) is 5.01 Å². The van der Waals surface area contributed by atoms with Gasteiger partial charge in [0.15, 0.2) is 11.4 Å². The molecular formula is C3H4N6O2. The number of hydrogen-bond donors (Lipinski definition) is 0. The van der Waals surface area contributed by atoms with Gasteiger partial charge in [-0.05, 0) is 0 Å². The molecule has 8 heteroatoms. The highest BCUT2D eigenvalue weighted by molar-refractivity contribution is 5.17. The number of rotatable bonds is 2. The zero-order valence-corrected chi connectivity index (χ0v) is 5.58. The lowest BCUT2D eigenvalue weighted by Gasteiger charge is -2.01. The van der Waals surface area contributed by atoms with E-state index in [9.17, 15) is 10.1 Å². The Bertz CT molecular complexity index is 249. The van der Waals surface area contributed by atoms with Gasteiger partial charge in [0.05, 0.1) is 7.05 Å². The predicted octanol–water partition coefficient (Wildman–Crippen LogP) is -1.11. The largest absolute Gasteiger partial charge is 0.325 e. The summed E-state index contributed by atoms with van der Waals surface area (Å²) in [5.74, 6) is -0.141.